The first-order valence-corrected chi connectivity index (χ1v) is 7.92. The monoisotopic (exact) mass is 377 g/mol. The first-order chi connectivity index (χ1) is 12.3. The number of nitrogens with one attached hydrogen (secondary N) is 1. The number of carbonyl (C=O) groups is 2. The maximum atomic E-state index is 12.0. The Labute approximate surface area is 154 Å². The van der Waals surface area contributed by atoms with Gasteiger partial charge in [0.15, 0.2) is 6.61 Å². The average Bonchev–Trinajstić information content (AvgIpc) is 2.59. The Morgan fingerprint density at radius 1 is 1.31 bits per heavy atom. The number of benzene rings is 2. The molecule has 0 saturated heterocycles. The molecular weight excluding hydrogens is 362 g/mol. The van der Waals surface area contributed by atoms with E-state index in [1.54, 1.807) is 31.2 Å². The first-order valence-electron chi connectivity index (χ1n) is 7.54. The van der Waals surface area contributed by atoms with Gasteiger partial charge in [-0.05, 0) is 24.6 Å². The Kier molecular flexibility index (Phi) is 6.13. The number of ether oxygens (including phenoxy) is 1. The lowest BCUT2D eigenvalue weighted by Gasteiger charge is -2.15. The van der Waals surface area contributed by atoms with Gasteiger partial charge in [-0.15, -0.1) is 0 Å². The van der Waals surface area contributed by atoms with Crippen molar-refractivity contribution in [1.29, 1.82) is 0 Å². The van der Waals surface area contributed by atoms with Crippen LogP contribution >= 0.6 is 11.6 Å². The smallest absolute Gasteiger partial charge is 0.340 e. The molecule has 0 bridgehead atoms. The molecule has 0 fully saturated rings. The van der Waals surface area contributed by atoms with E-state index in [2.05, 4.69) is 5.32 Å². The summed E-state index contributed by atoms with van der Waals surface area (Å²) in [4.78, 5) is 34.0. The molecule has 2 aromatic carbocycles. The van der Waals surface area contributed by atoms with E-state index in [9.17, 15) is 19.7 Å². The van der Waals surface area contributed by atoms with E-state index in [-0.39, 0.29) is 23.0 Å². The molecule has 3 N–H and O–H groups in total. The molecule has 0 aliphatic rings. The van der Waals surface area contributed by atoms with Gasteiger partial charge in [0.2, 0.25) is 0 Å². The number of nitrogens with two attached hydrogens (primary N) is 1. The van der Waals surface area contributed by atoms with Gasteiger partial charge < -0.3 is 15.8 Å². The van der Waals surface area contributed by atoms with Crippen LogP contribution in [0.1, 0.15) is 28.9 Å². The fourth-order valence-corrected chi connectivity index (χ4v) is 2.54. The number of hydrogen-bond acceptors (Lipinski definition) is 6. The summed E-state index contributed by atoms with van der Waals surface area (Å²) in [5.41, 5.74) is 5.95. The van der Waals surface area contributed by atoms with Crippen molar-refractivity contribution in [3.05, 3.63) is 68.7 Å². The Bertz CT molecular complexity index is 856. The Balaban J connectivity index is 1.94. The molecule has 26 heavy (non-hydrogen) atoms. The van der Waals surface area contributed by atoms with Gasteiger partial charge in [0, 0.05) is 17.2 Å². The van der Waals surface area contributed by atoms with Crippen LogP contribution in [0.4, 0.5) is 11.4 Å². The topological polar surface area (TPSA) is 125 Å². The maximum Gasteiger partial charge on any atom is 0.340 e. The van der Waals surface area contributed by atoms with Crippen LogP contribution in [0.15, 0.2) is 42.5 Å². The number of esters is 1. The number of non-ortho nitro benzene ring substituents is 1. The molecule has 0 aliphatic heterocycles. The zero-order chi connectivity index (χ0) is 19.3. The number of carbonyl (C=O) groups excluding carboxylic acids is 2. The molecule has 2 aromatic rings. The fraction of sp³-hybridized carbons (Fsp3) is 0.176. The number of nitrogens with zero attached hydrogens (tertiary/aromatic N) is 1. The van der Waals surface area contributed by atoms with E-state index in [4.69, 9.17) is 22.1 Å². The summed E-state index contributed by atoms with van der Waals surface area (Å²) in [6.07, 6.45) is 0. The van der Waals surface area contributed by atoms with Crippen molar-refractivity contribution in [3.8, 4) is 0 Å². The quantitative estimate of drug-likeness (QED) is 0.345. The van der Waals surface area contributed by atoms with Gasteiger partial charge in [0.25, 0.3) is 11.6 Å². The van der Waals surface area contributed by atoms with Crippen LogP contribution in [0.5, 0.6) is 0 Å². The number of anilines is 1. The molecule has 1 amide bonds. The SMILES string of the molecule is C[C@H](NC(=O)COC(=O)c1ccc([N+](=O)[O-])cc1N)c1ccccc1Cl. The molecule has 0 saturated carbocycles. The number of amides is 1. The molecule has 136 valence electrons. The number of nitro groups is 1. The summed E-state index contributed by atoms with van der Waals surface area (Å²) < 4.78 is 4.90. The number of hydrogen-bond donors (Lipinski definition) is 2. The number of nitrogen functional groups attached to an aromatic ring is 1. The molecule has 0 radical (unpaired) electrons. The van der Waals surface area contributed by atoms with Gasteiger partial charge in [-0.3, -0.25) is 14.9 Å². The summed E-state index contributed by atoms with van der Waals surface area (Å²) in [5, 5.41) is 13.8. The highest BCUT2D eigenvalue weighted by Gasteiger charge is 2.18. The minimum Gasteiger partial charge on any atom is -0.452 e. The third-order valence-electron chi connectivity index (χ3n) is 3.55. The van der Waals surface area contributed by atoms with Gasteiger partial charge in [-0.1, -0.05) is 29.8 Å². The highest BCUT2D eigenvalue weighted by Crippen LogP contribution is 2.22. The molecule has 8 nitrogen and oxygen atoms in total. The highest BCUT2D eigenvalue weighted by atomic mass is 35.5. The standard InChI is InChI=1S/C17H16ClN3O5/c1-10(12-4-2-3-5-14(12)18)20-16(22)9-26-17(23)13-7-6-11(21(24)25)8-15(13)19/h2-8,10H,9,19H2,1H3,(H,20,22)/t10-/m0/s1. The van der Waals surface area contributed by atoms with Crippen molar-refractivity contribution in [1.82, 2.24) is 5.32 Å². The molecule has 0 aliphatic carbocycles. The molecule has 0 spiro atoms. The van der Waals surface area contributed by atoms with E-state index in [1.807, 2.05) is 0 Å². The zero-order valence-corrected chi connectivity index (χ0v) is 14.5. The molecular formula is C17H16ClN3O5. The maximum absolute atomic E-state index is 12.0. The summed E-state index contributed by atoms with van der Waals surface area (Å²) in [6, 6.07) is 10.0. The largest absolute Gasteiger partial charge is 0.452 e. The minimum atomic E-state index is -0.849. The summed E-state index contributed by atoms with van der Waals surface area (Å²) in [7, 11) is 0. The van der Waals surface area contributed by atoms with Crippen molar-refractivity contribution >= 4 is 34.9 Å². The zero-order valence-electron chi connectivity index (χ0n) is 13.8. The lowest BCUT2D eigenvalue weighted by Crippen LogP contribution is -2.31. The lowest BCUT2D eigenvalue weighted by molar-refractivity contribution is -0.384. The van der Waals surface area contributed by atoms with Crippen LogP contribution in [0.2, 0.25) is 5.02 Å². The van der Waals surface area contributed by atoms with Gasteiger partial charge >= 0.3 is 5.97 Å². The van der Waals surface area contributed by atoms with Crippen LogP contribution in [-0.4, -0.2) is 23.4 Å². The number of halogens is 1. The number of rotatable bonds is 6. The third-order valence-corrected chi connectivity index (χ3v) is 3.89. The average molecular weight is 378 g/mol. The second-order valence-electron chi connectivity index (χ2n) is 5.42. The fourth-order valence-electron chi connectivity index (χ4n) is 2.25. The van der Waals surface area contributed by atoms with E-state index in [1.165, 1.54) is 6.07 Å². The van der Waals surface area contributed by atoms with Crippen molar-refractivity contribution in [3.63, 3.8) is 0 Å². The predicted molar refractivity (Wildman–Crippen MR) is 95.8 cm³/mol. The van der Waals surface area contributed by atoms with E-state index < -0.39 is 23.4 Å². The van der Waals surface area contributed by atoms with Gasteiger partial charge in [-0.2, -0.15) is 0 Å². The van der Waals surface area contributed by atoms with Crippen molar-refractivity contribution in [2.75, 3.05) is 12.3 Å². The second kappa shape index (κ2) is 8.30. The van der Waals surface area contributed by atoms with Gasteiger partial charge in [0.05, 0.1) is 22.2 Å². The Morgan fingerprint density at radius 3 is 2.62 bits per heavy atom. The van der Waals surface area contributed by atoms with E-state index in [0.29, 0.717) is 5.02 Å². The van der Waals surface area contributed by atoms with Gasteiger partial charge in [0.1, 0.15) is 0 Å². The van der Waals surface area contributed by atoms with E-state index in [0.717, 1.165) is 17.7 Å². The van der Waals surface area contributed by atoms with Crippen LogP contribution in [0, 0.1) is 10.1 Å². The Morgan fingerprint density at radius 2 is 2.00 bits per heavy atom. The second-order valence-corrected chi connectivity index (χ2v) is 5.82. The van der Waals surface area contributed by atoms with Crippen LogP contribution in [-0.2, 0) is 9.53 Å². The molecule has 0 aromatic heterocycles. The third kappa shape index (κ3) is 4.70. The van der Waals surface area contributed by atoms with Crippen LogP contribution in [0.3, 0.4) is 0 Å². The molecule has 1 atom stereocenters. The lowest BCUT2D eigenvalue weighted by atomic mass is 10.1. The first kappa shape index (κ1) is 19.2. The summed E-state index contributed by atoms with van der Waals surface area (Å²) in [6.45, 7) is 1.22. The number of nitro benzene ring substituents is 1. The van der Waals surface area contributed by atoms with Crippen LogP contribution < -0.4 is 11.1 Å². The Hall–Kier alpha value is -3.13. The summed E-state index contributed by atoms with van der Waals surface area (Å²) >= 11 is 6.06. The van der Waals surface area contributed by atoms with Crippen molar-refractivity contribution in [2.24, 2.45) is 0 Å². The molecule has 2 rings (SSSR count). The molecule has 0 heterocycles. The minimum absolute atomic E-state index is 0.0532. The molecule has 9 heteroatoms. The van der Waals surface area contributed by atoms with Gasteiger partial charge in [-0.25, -0.2) is 4.79 Å². The predicted octanol–water partition coefficient (Wildman–Crippen LogP) is 2.86. The van der Waals surface area contributed by atoms with E-state index >= 15 is 0 Å². The van der Waals surface area contributed by atoms with Crippen molar-refractivity contribution < 1.29 is 19.2 Å². The normalized spacial score (nSPS) is 11.5. The van der Waals surface area contributed by atoms with Crippen LogP contribution in [0.25, 0.3) is 0 Å². The van der Waals surface area contributed by atoms with Crippen molar-refractivity contribution in [2.45, 2.75) is 13.0 Å². The molecule has 0 unspecified atom stereocenters. The highest BCUT2D eigenvalue weighted by molar-refractivity contribution is 6.31. The summed E-state index contributed by atoms with van der Waals surface area (Å²) in [5.74, 6) is -1.37.